The summed E-state index contributed by atoms with van der Waals surface area (Å²) >= 11 is 0. The summed E-state index contributed by atoms with van der Waals surface area (Å²) in [5, 5.41) is 3.20. The molecule has 0 unspecified atom stereocenters. The Bertz CT molecular complexity index is 484. The van der Waals surface area contributed by atoms with Gasteiger partial charge in [0.05, 0.1) is 0 Å². The molecule has 4 nitrogen and oxygen atoms in total. The smallest absolute Gasteiger partial charge is 0.223 e. The molecule has 122 valence electrons. The van der Waals surface area contributed by atoms with Crippen molar-refractivity contribution in [3.05, 3.63) is 35.4 Å². The van der Waals surface area contributed by atoms with Crippen LogP contribution < -0.4 is 5.32 Å². The summed E-state index contributed by atoms with van der Waals surface area (Å²) < 4.78 is 27.4. The third kappa shape index (κ3) is 4.48. The van der Waals surface area contributed by atoms with E-state index in [0.29, 0.717) is 19.5 Å². The summed E-state index contributed by atoms with van der Waals surface area (Å²) in [7, 11) is 0. The summed E-state index contributed by atoms with van der Waals surface area (Å²) in [6.45, 7) is 6.36. The SMILES string of the molecule is CCN(CCC(=O)N1CCNCC1)Cc1c(F)cccc1F. The van der Waals surface area contributed by atoms with E-state index in [1.807, 2.05) is 16.7 Å². The van der Waals surface area contributed by atoms with Crippen molar-refractivity contribution in [2.24, 2.45) is 0 Å². The van der Waals surface area contributed by atoms with E-state index in [9.17, 15) is 13.6 Å². The van der Waals surface area contributed by atoms with Gasteiger partial charge in [-0.3, -0.25) is 9.69 Å². The zero-order chi connectivity index (χ0) is 15.9. The van der Waals surface area contributed by atoms with Crippen molar-refractivity contribution in [1.29, 1.82) is 0 Å². The van der Waals surface area contributed by atoms with Crippen LogP contribution in [0.5, 0.6) is 0 Å². The van der Waals surface area contributed by atoms with E-state index in [0.717, 1.165) is 26.2 Å². The Hall–Kier alpha value is -1.53. The molecule has 1 aliphatic heterocycles. The lowest BCUT2D eigenvalue weighted by Crippen LogP contribution is -2.47. The fourth-order valence-corrected chi connectivity index (χ4v) is 2.58. The van der Waals surface area contributed by atoms with Gasteiger partial charge in [0.2, 0.25) is 5.91 Å². The van der Waals surface area contributed by atoms with E-state index in [1.54, 1.807) is 0 Å². The van der Waals surface area contributed by atoms with Gasteiger partial charge in [0.15, 0.2) is 0 Å². The summed E-state index contributed by atoms with van der Waals surface area (Å²) in [6.07, 6.45) is 0.379. The summed E-state index contributed by atoms with van der Waals surface area (Å²) in [5.41, 5.74) is 0.0685. The lowest BCUT2D eigenvalue weighted by molar-refractivity contribution is -0.132. The summed E-state index contributed by atoms with van der Waals surface area (Å²) in [6, 6.07) is 3.88. The molecule has 2 rings (SSSR count). The maximum atomic E-state index is 13.7. The molecule has 1 saturated heterocycles. The van der Waals surface area contributed by atoms with Gasteiger partial charge in [0.1, 0.15) is 11.6 Å². The van der Waals surface area contributed by atoms with Gasteiger partial charge in [0.25, 0.3) is 0 Å². The Balaban J connectivity index is 1.88. The van der Waals surface area contributed by atoms with Crippen LogP contribution in [-0.4, -0.2) is 55.0 Å². The Labute approximate surface area is 130 Å². The molecule has 1 aliphatic rings. The topological polar surface area (TPSA) is 35.6 Å². The number of nitrogens with one attached hydrogen (secondary N) is 1. The molecular formula is C16H23F2N3O. The molecule has 1 heterocycles. The van der Waals surface area contributed by atoms with Gasteiger partial charge in [-0.2, -0.15) is 0 Å². The van der Waals surface area contributed by atoms with E-state index < -0.39 is 11.6 Å². The summed E-state index contributed by atoms with van der Waals surface area (Å²) in [5.74, 6) is -0.965. The molecule has 6 heteroatoms. The molecule has 1 fully saturated rings. The van der Waals surface area contributed by atoms with E-state index >= 15 is 0 Å². The number of hydrogen-bond donors (Lipinski definition) is 1. The average Bonchev–Trinajstić information content (AvgIpc) is 2.54. The molecule has 0 aromatic heterocycles. The molecule has 0 spiro atoms. The van der Waals surface area contributed by atoms with Crippen molar-refractivity contribution < 1.29 is 13.6 Å². The second-order valence-corrected chi connectivity index (χ2v) is 5.45. The van der Waals surface area contributed by atoms with Crippen LogP contribution in [0.25, 0.3) is 0 Å². The number of hydrogen-bond acceptors (Lipinski definition) is 3. The van der Waals surface area contributed by atoms with Gasteiger partial charge in [-0.05, 0) is 18.7 Å². The predicted molar refractivity (Wildman–Crippen MR) is 81.4 cm³/mol. The van der Waals surface area contributed by atoms with Crippen LogP contribution in [-0.2, 0) is 11.3 Å². The second-order valence-electron chi connectivity index (χ2n) is 5.45. The molecule has 0 aliphatic carbocycles. The van der Waals surface area contributed by atoms with Gasteiger partial charge < -0.3 is 10.2 Å². The van der Waals surface area contributed by atoms with E-state index in [2.05, 4.69) is 5.32 Å². The van der Waals surface area contributed by atoms with Gasteiger partial charge in [-0.15, -0.1) is 0 Å². The number of carbonyl (C=O) groups is 1. The minimum absolute atomic E-state index is 0.0685. The third-order valence-electron chi connectivity index (χ3n) is 4.00. The third-order valence-corrected chi connectivity index (χ3v) is 4.00. The monoisotopic (exact) mass is 311 g/mol. The van der Waals surface area contributed by atoms with Crippen molar-refractivity contribution in [1.82, 2.24) is 15.1 Å². The Morgan fingerprint density at radius 1 is 1.27 bits per heavy atom. The molecule has 1 N–H and O–H groups in total. The van der Waals surface area contributed by atoms with Crippen LogP contribution >= 0.6 is 0 Å². The molecule has 0 saturated carbocycles. The van der Waals surface area contributed by atoms with Crippen LogP contribution in [0.2, 0.25) is 0 Å². The van der Waals surface area contributed by atoms with E-state index in [4.69, 9.17) is 0 Å². The van der Waals surface area contributed by atoms with Gasteiger partial charge in [0, 0.05) is 51.3 Å². The van der Waals surface area contributed by atoms with Crippen LogP contribution in [0, 0.1) is 11.6 Å². The van der Waals surface area contributed by atoms with Crippen LogP contribution in [0.4, 0.5) is 8.78 Å². The first kappa shape index (κ1) is 16.8. The van der Waals surface area contributed by atoms with Gasteiger partial charge in [-0.1, -0.05) is 13.0 Å². The highest BCUT2D eigenvalue weighted by atomic mass is 19.1. The largest absolute Gasteiger partial charge is 0.340 e. The highest BCUT2D eigenvalue weighted by Gasteiger charge is 2.18. The van der Waals surface area contributed by atoms with E-state index in [1.165, 1.54) is 18.2 Å². The molecule has 22 heavy (non-hydrogen) atoms. The minimum Gasteiger partial charge on any atom is -0.340 e. The Kier molecular flexibility index (Phi) is 6.27. The maximum Gasteiger partial charge on any atom is 0.223 e. The highest BCUT2D eigenvalue weighted by molar-refractivity contribution is 5.76. The molecule has 0 bridgehead atoms. The van der Waals surface area contributed by atoms with Crippen molar-refractivity contribution in [2.75, 3.05) is 39.3 Å². The zero-order valence-electron chi connectivity index (χ0n) is 12.9. The van der Waals surface area contributed by atoms with Crippen molar-refractivity contribution in [2.45, 2.75) is 19.9 Å². The molecular weight excluding hydrogens is 288 g/mol. The number of halogens is 2. The lowest BCUT2D eigenvalue weighted by atomic mass is 10.1. The van der Waals surface area contributed by atoms with Gasteiger partial charge in [-0.25, -0.2) is 8.78 Å². The first-order valence-electron chi connectivity index (χ1n) is 7.75. The normalized spacial score (nSPS) is 15.4. The van der Waals surface area contributed by atoms with Gasteiger partial charge >= 0.3 is 0 Å². The number of benzene rings is 1. The molecule has 1 aromatic carbocycles. The van der Waals surface area contributed by atoms with Crippen LogP contribution in [0.1, 0.15) is 18.9 Å². The predicted octanol–water partition coefficient (Wildman–Crippen LogP) is 1.61. The minimum atomic E-state index is -0.535. The Morgan fingerprint density at radius 3 is 2.50 bits per heavy atom. The molecule has 0 radical (unpaired) electrons. The van der Waals surface area contributed by atoms with Crippen LogP contribution in [0.3, 0.4) is 0 Å². The van der Waals surface area contributed by atoms with Crippen LogP contribution in [0.15, 0.2) is 18.2 Å². The van der Waals surface area contributed by atoms with Crippen molar-refractivity contribution in [3.8, 4) is 0 Å². The Morgan fingerprint density at radius 2 is 1.91 bits per heavy atom. The maximum absolute atomic E-state index is 13.7. The first-order valence-corrected chi connectivity index (χ1v) is 7.75. The quantitative estimate of drug-likeness (QED) is 0.867. The fraction of sp³-hybridized carbons (Fsp3) is 0.562. The second kappa shape index (κ2) is 8.19. The fourth-order valence-electron chi connectivity index (χ4n) is 2.58. The van der Waals surface area contributed by atoms with E-state index in [-0.39, 0.29) is 18.0 Å². The number of carbonyl (C=O) groups excluding carboxylic acids is 1. The first-order chi connectivity index (χ1) is 10.6. The number of nitrogens with zero attached hydrogens (tertiary/aromatic N) is 2. The standard InChI is InChI=1S/C16H23F2N3O/c1-2-20(12-13-14(17)4-3-5-15(13)18)9-6-16(22)21-10-7-19-8-11-21/h3-5,19H,2,6-12H2,1H3. The lowest BCUT2D eigenvalue weighted by Gasteiger charge is -2.28. The molecule has 1 amide bonds. The average molecular weight is 311 g/mol. The summed E-state index contributed by atoms with van der Waals surface area (Å²) in [4.78, 5) is 15.9. The highest BCUT2D eigenvalue weighted by Crippen LogP contribution is 2.15. The van der Waals surface area contributed by atoms with Crippen molar-refractivity contribution >= 4 is 5.91 Å². The molecule has 1 aromatic rings. The number of amides is 1. The number of rotatable bonds is 6. The zero-order valence-corrected chi connectivity index (χ0v) is 12.9. The molecule has 0 atom stereocenters. The van der Waals surface area contributed by atoms with Crippen molar-refractivity contribution in [3.63, 3.8) is 0 Å². The number of piperazine rings is 1.